The van der Waals surface area contributed by atoms with E-state index in [9.17, 15) is 8.42 Å². The third kappa shape index (κ3) is 3.85. The van der Waals surface area contributed by atoms with Gasteiger partial charge in [0.15, 0.2) is 5.65 Å². The van der Waals surface area contributed by atoms with Gasteiger partial charge in [0.1, 0.15) is 0 Å². The minimum Gasteiger partial charge on any atom is -0.321 e. The summed E-state index contributed by atoms with van der Waals surface area (Å²) in [6, 6.07) is 0. The molecule has 10 nitrogen and oxygen atoms in total. The van der Waals surface area contributed by atoms with Crippen molar-refractivity contribution in [1.82, 2.24) is 33.8 Å². The Kier molecular flexibility index (Phi) is 5.02. The van der Waals surface area contributed by atoms with Crippen molar-refractivity contribution in [2.75, 3.05) is 24.2 Å². The Morgan fingerprint density at radius 3 is 2.86 bits per heavy atom. The number of nitrogens with zero attached hydrogens (tertiary/aromatic N) is 7. The van der Waals surface area contributed by atoms with E-state index in [-0.39, 0.29) is 11.7 Å². The zero-order valence-corrected chi connectivity index (χ0v) is 16.8. The normalized spacial score (nSPS) is 18.6. The first-order valence-electron chi connectivity index (χ1n) is 9.36. The molecule has 1 aliphatic heterocycles. The summed E-state index contributed by atoms with van der Waals surface area (Å²) in [4.78, 5) is 8.93. The summed E-state index contributed by atoms with van der Waals surface area (Å²) in [6.07, 6.45) is 8.87. The van der Waals surface area contributed by atoms with E-state index in [1.54, 1.807) is 34.5 Å². The molecule has 150 valence electrons. The standard InChI is InChI=1S/C17H24N8O2S/c1-3-28(26,27)24-6-4-5-13(10-24)11-25-16-14(8-20-25)7-18-17(22-16)21-15-9-19-23(2)12-15/h7-9,12-13H,3-6,10-11H2,1-2H3,(H,18,21,22). The van der Waals surface area contributed by atoms with Gasteiger partial charge in [0.2, 0.25) is 16.0 Å². The summed E-state index contributed by atoms with van der Waals surface area (Å²) in [6.45, 7) is 3.45. The number of sulfonamides is 1. The van der Waals surface area contributed by atoms with Gasteiger partial charge in [-0.1, -0.05) is 0 Å². The predicted octanol–water partition coefficient (Wildman–Crippen LogP) is 1.37. The topological polar surface area (TPSA) is 111 Å². The monoisotopic (exact) mass is 404 g/mol. The number of nitrogens with one attached hydrogen (secondary N) is 1. The molecule has 1 unspecified atom stereocenters. The molecule has 0 radical (unpaired) electrons. The van der Waals surface area contributed by atoms with Crippen LogP contribution in [0.3, 0.4) is 0 Å². The summed E-state index contributed by atoms with van der Waals surface area (Å²) in [7, 11) is -1.31. The first-order chi connectivity index (χ1) is 13.4. The van der Waals surface area contributed by atoms with Crippen molar-refractivity contribution < 1.29 is 8.42 Å². The van der Waals surface area contributed by atoms with Crippen LogP contribution in [0.5, 0.6) is 0 Å². The summed E-state index contributed by atoms with van der Waals surface area (Å²) in [5.74, 6) is 0.824. The average molecular weight is 405 g/mol. The van der Waals surface area contributed by atoms with Crippen LogP contribution in [0.25, 0.3) is 11.0 Å². The van der Waals surface area contributed by atoms with Crippen LogP contribution in [0.4, 0.5) is 11.6 Å². The first kappa shape index (κ1) is 18.8. The molecule has 0 bridgehead atoms. The van der Waals surface area contributed by atoms with Crippen molar-refractivity contribution in [2.45, 2.75) is 26.3 Å². The lowest BCUT2D eigenvalue weighted by Crippen LogP contribution is -2.41. The zero-order chi connectivity index (χ0) is 19.7. The molecular weight excluding hydrogens is 380 g/mol. The number of aryl methyl sites for hydroxylation is 1. The highest BCUT2D eigenvalue weighted by Gasteiger charge is 2.28. The SMILES string of the molecule is CCS(=O)(=O)N1CCCC(Cn2ncc3cnc(Nc4cnn(C)c4)nc32)C1. The Morgan fingerprint density at radius 1 is 1.25 bits per heavy atom. The van der Waals surface area contributed by atoms with Gasteiger partial charge in [-0.3, -0.25) is 4.68 Å². The molecule has 0 aromatic carbocycles. The summed E-state index contributed by atoms with van der Waals surface area (Å²) < 4.78 is 29.6. The lowest BCUT2D eigenvalue weighted by atomic mass is 10.00. The Bertz CT molecular complexity index is 1070. The molecular formula is C17H24N8O2S. The molecule has 1 atom stereocenters. The van der Waals surface area contributed by atoms with Gasteiger partial charge >= 0.3 is 0 Å². The van der Waals surface area contributed by atoms with Gasteiger partial charge in [-0.05, 0) is 25.7 Å². The number of fused-ring (bicyclic) bond motifs is 1. The van der Waals surface area contributed by atoms with E-state index in [0.29, 0.717) is 25.6 Å². The number of hydrogen-bond acceptors (Lipinski definition) is 7. The molecule has 11 heteroatoms. The second-order valence-corrected chi connectivity index (χ2v) is 9.35. The average Bonchev–Trinajstić information content (AvgIpc) is 3.28. The predicted molar refractivity (Wildman–Crippen MR) is 106 cm³/mol. The van der Waals surface area contributed by atoms with E-state index in [1.165, 1.54) is 0 Å². The van der Waals surface area contributed by atoms with Gasteiger partial charge < -0.3 is 5.32 Å². The van der Waals surface area contributed by atoms with E-state index in [1.807, 2.05) is 17.9 Å². The quantitative estimate of drug-likeness (QED) is 0.660. The zero-order valence-electron chi connectivity index (χ0n) is 16.0. The summed E-state index contributed by atoms with van der Waals surface area (Å²) in [5, 5.41) is 12.6. The van der Waals surface area contributed by atoms with Crippen molar-refractivity contribution in [3.05, 3.63) is 24.8 Å². The van der Waals surface area contributed by atoms with Crippen molar-refractivity contribution >= 4 is 32.7 Å². The molecule has 0 saturated carbocycles. The van der Waals surface area contributed by atoms with Crippen molar-refractivity contribution in [2.24, 2.45) is 13.0 Å². The fourth-order valence-corrected chi connectivity index (χ4v) is 4.74. The molecule has 0 amide bonds. The molecule has 1 N–H and O–H groups in total. The molecule has 4 rings (SSSR count). The molecule has 1 fully saturated rings. The van der Waals surface area contributed by atoms with E-state index < -0.39 is 10.0 Å². The third-order valence-electron chi connectivity index (χ3n) is 5.01. The molecule has 3 aromatic rings. The highest BCUT2D eigenvalue weighted by atomic mass is 32.2. The number of piperidine rings is 1. The van der Waals surface area contributed by atoms with Crippen molar-refractivity contribution in [1.29, 1.82) is 0 Å². The maximum atomic E-state index is 12.2. The molecule has 3 aromatic heterocycles. The van der Waals surface area contributed by atoms with Crippen molar-refractivity contribution in [3.8, 4) is 0 Å². The second-order valence-electron chi connectivity index (χ2n) is 7.09. The molecule has 4 heterocycles. The maximum absolute atomic E-state index is 12.2. The van der Waals surface area contributed by atoms with E-state index in [4.69, 9.17) is 0 Å². The lowest BCUT2D eigenvalue weighted by molar-refractivity contribution is 0.241. The Labute approximate surface area is 163 Å². The van der Waals surface area contributed by atoms with E-state index in [2.05, 4.69) is 25.5 Å². The smallest absolute Gasteiger partial charge is 0.229 e. The number of hydrogen-bond donors (Lipinski definition) is 1. The highest BCUT2D eigenvalue weighted by molar-refractivity contribution is 7.89. The maximum Gasteiger partial charge on any atom is 0.229 e. The fourth-order valence-electron chi connectivity index (χ4n) is 3.53. The Hall–Kier alpha value is -2.53. The van der Waals surface area contributed by atoms with Crippen LogP contribution in [-0.2, 0) is 23.6 Å². The highest BCUT2D eigenvalue weighted by Crippen LogP contribution is 2.23. The van der Waals surface area contributed by atoms with Gasteiger partial charge in [-0.15, -0.1) is 0 Å². The summed E-state index contributed by atoms with van der Waals surface area (Å²) in [5.41, 5.74) is 1.54. The largest absolute Gasteiger partial charge is 0.321 e. The number of rotatable bonds is 6. The molecule has 0 aliphatic carbocycles. The number of aromatic nitrogens is 6. The minimum absolute atomic E-state index is 0.140. The van der Waals surface area contributed by atoms with Crippen LogP contribution < -0.4 is 5.32 Å². The van der Waals surface area contributed by atoms with Crippen molar-refractivity contribution in [3.63, 3.8) is 0 Å². The van der Waals surface area contributed by atoms with Gasteiger partial charge in [0.05, 0.1) is 29.2 Å². The first-order valence-corrected chi connectivity index (χ1v) is 11.0. The Morgan fingerprint density at radius 2 is 2.11 bits per heavy atom. The Balaban J connectivity index is 1.53. The van der Waals surface area contributed by atoms with Gasteiger partial charge in [0.25, 0.3) is 0 Å². The fraction of sp³-hybridized carbons (Fsp3) is 0.529. The third-order valence-corrected chi connectivity index (χ3v) is 6.86. The second kappa shape index (κ2) is 7.47. The van der Waals surface area contributed by atoms with E-state index >= 15 is 0 Å². The van der Waals surface area contributed by atoms with Crippen LogP contribution >= 0.6 is 0 Å². The lowest BCUT2D eigenvalue weighted by Gasteiger charge is -2.31. The van der Waals surface area contributed by atoms with E-state index in [0.717, 1.165) is 29.6 Å². The van der Waals surface area contributed by atoms with Crippen LogP contribution in [0, 0.1) is 5.92 Å². The molecule has 1 aliphatic rings. The minimum atomic E-state index is -3.15. The molecule has 1 saturated heterocycles. The molecule has 0 spiro atoms. The van der Waals surface area contributed by atoms with Crippen LogP contribution in [0.2, 0.25) is 0 Å². The van der Waals surface area contributed by atoms with Crippen LogP contribution in [0.15, 0.2) is 24.8 Å². The van der Waals surface area contributed by atoms with Crippen LogP contribution in [-0.4, -0.2) is 61.1 Å². The number of anilines is 2. The molecule has 28 heavy (non-hydrogen) atoms. The van der Waals surface area contributed by atoms with Gasteiger partial charge in [-0.25, -0.2) is 22.4 Å². The van der Waals surface area contributed by atoms with Gasteiger partial charge in [0, 0.05) is 39.1 Å². The van der Waals surface area contributed by atoms with Crippen LogP contribution in [0.1, 0.15) is 19.8 Å². The summed E-state index contributed by atoms with van der Waals surface area (Å²) >= 11 is 0. The van der Waals surface area contributed by atoms with Gasteiger partial charge in [-0.2, -0.15) is 15.2 Å².